The molecule has 0 bridgehead atoms. The molecular formula is C10H16N2O3. The molecule has 5 heteroatoms. The number of urea groups is 1. The van der Waals surface area contributed by atoms with Gasteiger partial charge in [0.25, 0.3) is 0 Å². The van der Waals surface area contributed by atoms with Crippen LogP contribution < -0.4 is 10.6 Å². The van der Waals surface area contributed by atoms with Gasteiger partial charge in [-0.2, -0.15) is 0 Å². The third-order valence-corrected chi connectivity index (χ3v) is 2.96. The third kappa shape index (κ3) is 3.11. The molecule has 0 spiro atoms. The molecule has 2 saturated carbocycles. The molecule has 0 aromatic heterocycles. The fraction of sp³-hybridized carbons (Fsp3) is 0.800. The Morgan fingerprint density at radius 3 is 2.13 bits per heavy atom. The summed E-state index contributed by atoms with van der Waals surface area (Å²) in [7, 11) is 0. The lowest BCUT2D eigenvalue weighted by molar-refractivity contribution is -0.135. The number of carbonyl (C=O) groups is 2. The number of rotatable bonds is 5. The number of carbonyl (C=O) groups excluding carboxylic acids is 1. The van der Waals surface area contributed by atoms with E-state index < -0.39 is 5.97 Å². The zero-order valence-corrected chi connectivity index (χ0v) is 8.53. The van der Waals surface area contributed by atoms with E-state index in [4.69, 9.17) is 5.11 Å². The van der Waals surface area contributed by atoms with Gasteiger partial charge in [0.2, 0.25) is 0 Å². The lowest BCUT2D eigenvalue weighted by Gasteiger charge is -2.17. The Morgan fingerprint density at radius 2 is 1.73 bits per heavy atom. The number of hydrogen-bond donors (Lipinski definition) is 3. The summed E-state index contributed by atoms with van der Waals surface area (Å²) in [6.07, 6.45) is 4.78. The molecule has 2 aliphatic rings. The van der Waals surface area contributed by atoms with Crippen LogP contribution in [-0.2, 0) is 4.79 Å². The van der Waals surface area contributed by atoms with Crippen molar-refractivity contribution in [3.63, 3.8) is 0 Å². The standard InChI is InChI=1S/C10H16N2O3/c13-8(14)5-11-10(15)12-9(6-1-2-6)7-3-4-7/h6-7,9H,1-5H2,(H,13,14)(H2,11,12,15). The molecule has 15 heavy (non-hydrogen) atoms. The van der Waals surface area contributed by atoms with E-state index >= 15 is 0 Å². The zero-order valence-electron chi connectivity index (χ0n) is 8.53. The first kappa shape index (κ1) is 10.3. The molecule has 2 fully saturated rings. The molecule has 0 atom stereocenters. The molecule has 84 valence electrons. The van der Waals surface area contributed by atoms with Gasteiger partial charge in [-0.15, -0.1) is 0 Å². The number of aliphatic carboxylic acids is 1. The predicted octanol–water partition coefficient (Wildman–Crippen LogP) is 0.559. The lowest BCUT2D eigenvalue weighted by Crippen LogP contribution is -2.45. The van der Waals surface area contributed by atoms with Crippen molar-refractivity contribution in [1.82, 2.24) is 10.6 Å². The SMILES string of the molecule is O=C(O)CNC(=O)NC(C1CC1)C1CC1. The lowest BCUT2D eigenvalue weighted by atomic mass is 10.1. The molecule has 5 nitrogen and oxygen atoms in total. The first-order valence-corrected chi connectivity index (χ1v) is 5.43. The maximum absolute atomic E-state index is 11.3. The van der Waals surface area contributed by atoms with Crippen molar-refractivity contribution in [3.8, 4) is 0 Å². The summed E-state index contributed by atoms with van der Waals surface area (Å²) >= 11 is 0. The van der Waals surface area contributed by atoms with E-state index in [9.17, 15) is 9.59 Å². The first-order chi connectivity index (χ1) is 7.16. The van der Waals surface area contributed by atoms with E-state index in [1.165, 1.54) is 25.7 Å². The minimum atomic E-state index is -1.01. The van der Waals surface area contributed by atoms with Crippen LogP contribution in [0.5, 0.6) is 0 Å². The summed E-state index contributed by atoms with van der Waals surface area (Å²) in [5.41, 5.74) is 0. The zero-order chi connectivity index (χ0) is 10.8. The Balaban J connectivity index is 1.73. The summed E-state index contributed by atoms with van der Waals surface area (Å²) in [4.78, 5) is 21.6. The summed E-state index contributed by atoms with van der Waals surface area (Å²) in [5.74, 6) is 0.251. The van der Waals surface area contributed by atoms with E-state index in [1.807, 2.05) is 0 Å². The van der Waals surface area contributed by atoms with Gasteiger partial charge in [-0.25, -0.2) is 4.79 Å². The second kappa shape index (κ2) is 4.08. The van der Waals surface area contributed by atoms with E-state index in [-0.39, 0.29) is 18.6 Å². The summed E-state index contributed by atoms with van der Waals surface area (Å²) in [6, 6.07) is -0.0694. The maximum Gasteiger partial charge on any atom is 0.323 e. The van der Waals surface area contributed by atoms with Crippen molar-refractivity contribution in [3.05, 3.63) is 0 Å². The number of nitrogens with one attached hydrogen (secondary N) is 2. The van der Waals surface area contributed by atoms with Gasteiger partial charge in [0, 0.05) is 6.04 Å². The van der Waals surface area contributed by atoms with Crippen LogP contribution in [0.4, 0.5) is 4.79 Å². The second-order valence-corrected chi connectivity index (χ2v) is 4.42. The van der Waals surface area contributed by atoms with Crippen LogP contribution >= 0.6 is 0 Å². The van der Waals surface area contributed by atoms with Gasteiger partial charge in [-0.3, -0.25) is 4.79 Å². The molecule has 0 heterocycles. The average molecular weight is 212 g/mol. The van der Waals surface area contributed by atoms with Crippen LogP contribution in [0.2, 0.25) is 0 Å². The van der Waals surface area contributed by atoms with E-state index in [0.717, 1.165) is 0 Å². The second-order valence-electron chi connectivity index (χ2n) is 4.42. The van der Waals surface area contributed by atoms with E-state index in [2.05, 4.69) is 10.6 Å². The predicted molar refractivity (Wildman–Crippen MR) is 53.4 cm³/mol. The molecule has 2 amide bonds. The summed E-state index contributed by atoms with van der Waals surface area (Å²) in [5, 5.41) is 13.6. The quantitative estimate of drug-likeness (QED) is 0.623. The molecule has 0 radical (unpaired) electrons. The van der Waals surface area contributed by atoms with Crippen molar-refractivity contribution < 1.29 is 14.7 Å². The molecule has 0 aromatic carbocycles. The number of carboxylic acids is 1. The molecule has 2 rings (SSSR count). The Morgan fingerprint density at radius 1 is 1.20 bits per heavy atom. The molecule has 3 N–H and O–H groups in total. The normalized spacial score (nSPS) is 20.1. The third-order valence-electron chi connectivity index (χ3n) is 2.96. The highest BCUT2D eigenvalue weighted by Gasteiger charge is 2.42. The minimum absolute atomic E-state index is 0.277. The molecule has 0 aromatic rings. The van der Waals surface area contributed by atoms with Crippen molar-refractivity contribution in [2.24, 2.45) is 11.8 Å². The van der Waals surface area contributed by atoms with Gasteiger partial charge in [-0.1, -0.05) is 0 Å². The summed E-state index contributed by atoms with van der Waals surface area (Å²) < 4.78 is 0. The molecule has 0 aliphatic heterocycles. The highest BCUT2D eigenvalue weighted by molar-refractivity contribution is 5.80. The van der Waals surface area contributed by atoms with Crippen LogP contribution in [0.3, 0.4) is 0 Å². The number of hydrogen-bond acceptors (Lipinski definition) is 2. The van der Waals surface area contributed by atoms with Gasteiger partial charge in [0.15, 0.2) is 0 Å². The smallest absolute Gasteiger partial charge is 0.323 e. The van der Waals surface area contributed by atoms with Crippen LogP contribution in [0.15, 0.2) is 0 Å². The topological polar surface area (TPSA) is 78.4 Å². The summed E-state index contributed by atoms with van der Waals surface area (Å²) in [6.45, 7) is -0.312. The molecule has 2 aliphatic carbocycles. The molecule has 0 unspecified atom stereocenters. The van der Waals surface area contributed by atoms with E-state index in [0.29, 0.717) is 11.8 Å². The van der Waals surface area contributed by atoms with Gasteiger partial charge in [-0.05, 0) is 37.5 Å². The number of amides is 2. The van der Waals surface area contributed by atoms with Gasteiger partial charge < -0.3 is 15.7 Å². The highest BCUT2D eigenvalue weighted by atomic mass is 16.4. The Hall–Kier alpha value is -1.26. The van der Waals surface area contributed by atoms with Gasteiger partial charge in [0.05, 0.1) is 0 Å². The van der Waals surface area contributed by atoms with Crippen molar-refractivity contribution >= 4 is 12.0 Å². The van der Waals surface area contributed by atoms with Crippen LogP contribution in [0.25, 0.3) is 0 Å². The first-order valence-electron chi connectivity index (χ1n) is 5.43. The van der Waals surface area contributed by atoms with Crippen molar-refractivity contribution in [2.45, 2.75) is 31.7 Å². The van der Waals surface area contributed by atoms with Crippen molar-refractivity contribution in [1.29, 1.82) is 0 Å². The van der Waals surface area contributed by atoms with Crippen molar-refractivity contribution in [2.75, 3.05) is 6.54 Å². The Bertz CT molecular complexity index is 260. The maximum atomic E-state index is 11.3. The average Bonchev–Trinajstić information content (AvgIpc) is 3.02. The molecule has 0 saturated heterocycles. The molecular weight excluding hydrogens is 196 g/mol. The van der Waals surface area contributed by atoms with Gasteiger partial charge in [0.1, 0.15) is 6.54 Å². The number of carboxylic acid groups (broad SMARTS) is 1. The fourth-order valence-electron chi connectivity index (χ4n) is 1.89. The van der Waals surface area contributed by atoms with Crippen LogP contribution in [0.1, 0.15) is 25.7 Å². The largest absolute Gasteiger partial charge is 0.480 e. The minimum Gasteiger partial charge on any atom is -0.480 e. The van der Waals surface area contributed by atoms with Gasteiger partial charge >= 0.3 is 12.0 Å². The Labute approximate surface area is 88.2 Å². The van der Waals surface area contributed by atoms with Crippen LogP contribution in [-0.4, -0.2) is 29.7 Å². The Kier molecular flexibility index (Phi) is 2.79. The monoisotopic (exact) mass is 212 g/mol. The fourth-order valence-corrected chi connectivity index (χ4v) is 1.89. The van der Waals surface area contributed by atoms with E-state index in [1.54, 1.807) is 0 Å². The van der Waals surface area contributed by atoms with Crippen LogP contribution in [0, 0.1) is 11.8 Å². The highest BCUT2D eigenvalue weighted by Crippen LogP contribution is 2.44.